The topological polar surface area (TPSA) is 75.6 Å². The van der Waals surface area contributed by atoms with E-state index in [2.05, 4.69) is 9.97 Å². The summed E-state index contributed by atoms with van der Waals surface area (Å²) in [6.45, 7) is 1.49. The van der Waals surface area contributed by atoms with Crippen LogP contribution < -0.4 is 0 Å². The van der Waals surface area contributed by atoms with Crippen LogP contribution in [0.2, 0.25) is 0 Å². The summed E-state index contributed by atoms with van der Waals surface area (Å²) in [6.07, 6.45) is 6.51. The molecule has 0 aromatic carbocycles. The van der Waals surface area contributed by atoms with E-state index in [4.69, 9.17) is 4.74 Å². The van der Waals surface area contributed by atoms with Gasteiger partial charge in [0, 0.05) is 50.0 Å². The molecule has 25 heavy (non-hydrogen) atoms. The van der Waals surface area contributed by atoms with Gasteiger partial charge in [0.2, 0.25) is 5.91 Å². The van der Waals surface area contributed by atoms with E-state index in [9.17, 15) is 9.59 Å². The van der Waals surface area contributed by atoms with Gasteiger partial charge in [-0.05, 0) is 23.8 Å². The standard InChI is InChI=1S/C18H18N4O3/c23-17-12-25-16-11-21(18(24)14-3-6-19-7-4-14)10-15(16)22(17)9-13-2-1-5-20-8-13/h1-8,15-16H,9-12H2/t15-,16+/m1/s1. The van der Waals surface area contributed by atoms with Gasteiger partial charge in [-0.15, -0.1) is 0 Å². The zero-order chi connectivity index (χ0) is 17.2. The van der Waals surface area contributed by atoms with Gasteiger partial charge < -0.3 is 14.5 Å². The number of hydrogen-bond donors (Lipinski definition) is 0. The summed E-state index contributed by atoms with van der Waals surface area (Å²) >= 11 is 0. The van der Waals surface area contributed by atoms with E-state index in [1.54, 1.807) is 41.8 Å². The average molecular weight is 338 g/mol. The number of pyridine rings is 2. The third-order valence-electron chi connectivity index (χ3n) is 4.67. The molecule has 0 bridgehead atoms. The molecule has 4 heterocycles. The summed E-state index contributed by atoms with van der Waals surface area (Å²) in [7, 11) is 0. The van der Waals surface area contributed by atoms with Gasteiger partial charge in [0.05, 0.1) is 12.1 Å². The maximum atomic E-state index is 12.7. The molecular weight excluding hydrogens is 320 g/mol. The SMILES string of the molecule is O=C(c1ccncc1)N1C[C@@H]2OCC(=O)N(Cc3cccnc3)[C@@H]2C1. The molecule has 0 N–H and O–H groups in total. The number of morpholine rings is 1. The van der Waals surface area contributed by atoms with Gasteiger partial charge in [0.15, 0.2) is 0 Å². The molecule has 0 saturated carbocycles. The Labute approximate surface area is 145 Å². The molecule has 4 rings (SSSR count). The first-order chi connectivity index (χ1) is 12.2. The number of fused-ring (bicyclic) bond motifs is 1. The molecular formula is C18H18N4O3. The monoisotopic (exact) mass is 338 g/mol. The Bertz CT molecular complexity index is 768. The van der Waals surface area contributed by atoms with Gasteiger partial charge in [-0.1, -0.05) is 6.07 Å². The highest BCUT2D eigenvalue weighted by atomic mass is 16.5. The molecule has 2 aliphatic heterocycles. The molecule has 0 radical (unpaired) electrons. The van der Waals surface area contributed by atoms with Crippen molar-refractivity contribution in [2.24, 2.45) is 0 Å². The molecule has 2 aliphatic rings. The van der Waals surface area contributed by atoms with E-state index < -0.39 is 0 Å². The fraction of sp³-hybridized carbons (Fsp3) is 0.333. The van der Waals surface area contributed by atoms with Gasteiger partial charge in [-0.25, -0.2) is 0 Å². The third kappa shape index (κ3) is 3.10. The van der Waals surface area contributed by atoms with Crippen molar-refractivity contribution in [3.8, 4) is 0 Å². The van der Waals surface area contributed by atoms with Crippen LogP contribution in [0.5, 0.6) is 0 Å². The fourth-order valence-corrected chi connectivity index (χ4v) is 3.40. The minimum atomic E-state index is -0.153. The number of amides is 2. The van der Waals surface area contributed by atoms with Crippen molar-refractivity contribution in [2.45, 2.75) is 18.7 Å². The second-order valence-corrected chi connectivity index (χ2v) is 6.25. The van der Waals surface area contributed by atoms with Crippen molar-refractivity contribution in [3.05, 3.63) is 60.2 Å². The van der Waals surface area contributed by atoms with Gasteiger partial charge in [-0.2, -0.15) is 0 Å². The van der Waals surface area contributed by atoms with Crippen molar-refractivity contribution in [1.82, 2.24) is 19.8 Å². The lowest BCUT2D eigenvalue weighted by Crippen LogP contribution is -2.53. The number of ether oxygens (including phenoxy) is 1. The molecule has 2 aromatic rings. The first kappa shape index (κ1) is 15.7. The van der Waals surface area contributed by atoms with Crippen LogP contribution in [-0.4, -0.2) is 63.4 Å². The molecule has 2 amide bonds. The molecule has 2 fully saturated rings. The van der Waals surface area contributed by atoms with Crippen LogP contribution in [0.25, 0.3) is 0 Å². The quantitative estimate of drug-likeness (QED) is 0.825. The fourth-order valence-electron chi connectivity index (χ4n) is 3.40. The molecule has 2 atom stereocenters. The summed E-state index contributed by atoms with van der Waals surface area (Å²) < 4.78 is 5.69. The van der Waals surface area contributed by atoms with Gasteiger partial charge in [0.25, 0.3) is 5.91 Å². The molecule has 128 valence electrons. The van der Waals surface area contributed by atoms with E-state index in [-0.39, 0.29) is 30.6 Å². The number of carbonyl (C=O) groups excluding carboxylic acids is 2. The molecule has 7 nitrogen and oxygen atoms in total. The van der Waals surface area contributed by atoms with E-state index in [1.165, 1.54) is 0 Å². The largest absolute Gasteiger partial charge is 0.364 e. The van der Waals surface area contributed by atoms with E-state index in [0.717, 1.165) is 5.56 Å². The molecule has 2 saturated heterocycles. The second-order valence-electron chi connectivity index (χ2n) is 6.25. The predicted molar refractivity (Wildman–Crippen MR) is 88.5 cm³/mol. The summed E-state index contributed by atoms with van der Waals surface area (Å²) in [5.41, 5.74) is 1.56. The summed E-state index contributed by atoms with van der Waals surface area (Å²) in [5, 5.41) is 0. The van der Waals surface area contributed by atoms with Crippen LogP contribution in [0.4, 0.5) is 0 Å². The van der Waals surface area contributed by atoms with Gasteiger partial charge >= 0.3 is 0 Å². The van der Waals surface area contributed by atoms with Crippen LogP contribution in [0.15, 0.2) is 49.1 Å². The van der Waals surface area contributed by atoms with Gasteiger partial charge in [0.1, 0.15) is 6.61 Å². The number of aromatic nitrogens is 2. The Hall–Kier alpha value is -2.80. The Kier molecular flexibility index (Phi) is 4.15. The molecule has 2 aromatic heterocycles. The number of likely N-dealkylation sites (tertiary alicyclic amines) is 1. The molecule has 0 aliphatic carbocycles. The number of carbonyl (C=O) groups is 2. The molecule has 0 spiro atoms. The highest BCUT2D eigenvalue weighted by Gasteiger charge is 2.44. The van der Waals surface area contributed by atoms with E-state index in [1.807, 2.05) is 17.0 Å². The minimum absolute atomic E-state index is 0.0525. The minimum Gasteiger partial charge on any atom is -0.364 e. The number of nitrogens with zero attached hydrogens (tertiary/aromatic N) is 4. The normalized spacial score (nSPS) is 22.8. The van der Waals surface area contributed by atoms with Crippen molar-refractivity contribution in [2.75, 3.05) is 19.7 Å². The van der Waals surface area contributed by atoms with Gasteiger partial charge in [-0.3, -0.25) is 19.6 Å². The predicted octanol–water partition coefficient (Wildman–Crippen LogP) is 0.729. The first-order valence-electron chi connectivity index (χ1n) is 8.21. The zero-order valence-electron chi connectivity index (χ0n) is 13.6. The van der Waals surface area contributed by atoms with Crippen molar-refractivity contribution in [3.63, 3.8) is 0 Å². The lowest BCUT2D eigenvalue weighted by atomic mass is 10.1. The van der Waals surface area contributed by atoms with Crippen LogP contribution >= 0.6 is 0 Å². The number of rotatable bonds is 3. The van der Waals surface area contributed by atoms with Crippen molar-refractivity contribution in [1.29, 1.82) is 0 Å². The lowest BCUT2D eigenvalue weighted by molar-refractivity contribution is -0.153. The highest BCUT2D eigenvalue weighted by Crippen LogP contribution is 2.26. The Morgan fingerprint density at radius 2 is 2.00 bits per heavy atom. The van der Waals surface area contributed by atoms with E-state index >= 15 is 0 Å². The van der Waals surface area contributed by atoms with Crippen molar-refractivity contribution < 1.29 is 14.3 Å². The summed E-state index contributed by atoms with van der Waals surface area (Å²) in [4.78, 5) is 36.6. The second kappa shape index (κ2) is 6.60. The van der Waals surface area contributed by atoms with Crippen LogP contribution in [0.1, 0.15) is 15.9 Å². The Balaban J connectivity index is 1.52. The maximum absolute atomic E-state index is 12.7. The maximum Gasteiger partial charge on any atom is 0.254 e. The van der Waals surface area contributed by atoms with Crippen molar-refractivity contribution >= 4 is 11.8 Å². The lowest BCUT2D eigenvalue weighted by Gasteiger charge is -2.36. The Morgan fingerprint density at radius 3 is 2.76 bits per heavy atom. The van der Waals surface area contributed by atoms with Crippen LogP contribution in [-0.2, 0) is 16.1 Å². The average Bonchev–Trinajstić information content (AvgIpc) is 3.10. The molecule has 0 unspecified atom stereocenters. The first-order valence-corrected chi connectivity index (χ1v) is 8.21. The van der Waals surface area contributed by atoms with Crippen LogP contribution in [0, 0.1) is 0 Å². The third-order valence-corrected chi connectivity index (χ3v) is 4.67. The zero-order valence-corrected chi connectivity index (χ0v) is 13.6. The Morgan fingerprint density at radius 1 is 1.16 bits per heavy atom. The van der Waals surface area contributed by atoms with E-state index in [0.29, 0.717) is 25.2 Å². The summed E-state index contributed by atoms with van der Waals surface area (Å²) in [5.74, 6) is -0.113. The smallest absolute Gasteiger partial charge is 0.254 e. The molecule has 7 heteroatoms. The summed E-state index contributed by atoms with van der Waals surface area (Å²) in [6, 6.07) is 7.06. The number of hydrogen-bond acceptors (Lipinski definition) is 5. The highest BCUT2D eigenvalue weighted by molar-refractivity contribution is 5.94. The van der Waals surface area contributed by atoms with Crippen LogP contribution in [0.3, 0.4) is 0 Å².